The lowest BCUT2D eigenvalue weighted by molar-refractivity contribution is 0.102. The van der Waals surface area contributed by atoms with E-state index in [-0.39, 0.29) is 26.8 Å². The number of carbonyl (C=O) groups is 2. The summed E-state index contributed by atoms with van der Waals surface area (Å²) in [5, 5.41) is 4.88. The summed E-state index contributed by atoms with van der Waals surface area (Å²) in [4.78, 5) is 28.3. The van der Waals surface area contributed by atoms with Gasteiger partial charge in [0.05, 0.1) is 11.9 Å². The molecule has 1 aromatic heterocycles. The summed E-state index contributed by atoms with van der Waals surface area (Å²) in [6.45, 7) is 0. The predicted octanol–water partition coefficient (Wildman–Crippen LogP) is 3.62. The second kappa shape index (κ2) is 8.97. The first-order chi connectivity index (χ1) is 15.3. The number of aromatic nitrogens is 1. The zero-order valence-corrected chi connectivity index (χ0v) is 18.0. The number of fused-ring (bicyclic) bond motifs is 1. The van der Waals surface area contributed by atoms with E-state index in [9.17, 15) is 22.4 Å². The van der Waals surface area contributed by atoms with E-state index in [0.717, 1.165) is 6.07 Å². The van der Waals surface area contributed by atoms with E-state index >= 15 is 0 Å². The fraction of sp³-hybridized carbons (Fsp3) is 0.0952. The number of sulfonamides is 1. The maximum Gasteiger partial charge on any atom is 0.334 e. The first-order valence-electron chi connectivity index (χ1n) is 9.40. The maximum absolute atomic E-state index is 13.2. The van der Waals surface area contributed by atoms with Gasteiger partial charge in [0.2, 0.25) is 0 Å². The Labute approximate surface area is 187 Å². The van der Waals surface area contributed by atoms with Crippen molar-refractivity contribution in [2.24, 2.45) is 5.92 Å². The van der Waals surface area contributed by atoms with Crippen molar-refractivity contribution >= 4 is 45.2 Å². The molecule has 11 heteroatoms. The molecule has 3 N–H and O–H groups in total. The molecule has 1 aliphatic carbocycles. The second-order valence-electron chi connectivity index (χ2n) is 6.87. The molecule has 0 spiro atoms. The molecule has 0 bridgehead atoms. The highest BCUT2D eigenvalue weighted by molar-refractivity contribution is 8.18. The van der Waals surface area contributed by atoms with Crippen LogP contribution < -0.4 is 15.4 Å². The Hall–Kier alpha value is -3.44. The van der Waals surface area contributed by atoms with Crippen LogP contribution in [0.5, 0.6) is 0 Å². The fourth-order valence-electron chi connectivity index (χ4n) is 3.04. The Bertz CT molecular complexity index is 1260. The van der Waals surface area contributed by atoms with Gasteiger partial charge in [-0.2, -0.15) is 0 Å². The largest absolute Gasteiger partial charge is 0.334 e. The van der Waals surface area contributed by atoms with Crippen LogP contribution in [-0.2, 0) is 10.0 Å². The van der Waals surface area contributed by atoms with Gasteiger partial charge in [-0.05, 0) is 36.4 Å². The number of hydrogen-bond acceptors (Lipinski definition) is 6. The van der Waals surface area contributed by atoms with Crippen molar-refractivity contribution in [3.8, 4) is 0 Å². The lowest BCUT2D eigenvalue weighted by Crippen LogP contribution is -2.34. The van der Waals surface area contributed by atoms with E-state index in [1.807, 2.05) is 29.0 Å². The summed E-state index contributed by atoms with van der Waals surface area (Å²) in [6.07, 6.45) is 10.4. The Morgan fingerprint density at radius 1 is 1.06 bits per heavy atom. The molecule has 4 rings (SSSR count). The van der Waals surface area contributed by atoms with Crippen LogP contribution >= 0.6 is 11.8 Å². The minimum atomic E-state index is -4.02. The van der Waals surface area contributed by atoms with Crippen LogP contribution in [0.15, 0.2) is 77.2 Å². The van der Waals surface area contributed by atoms with Crippen molar-refractivity contribution in [3.63, 3.8) is 0 Å². The van der Waals surface area contributed by atoms with Gasteiger partial charge in [0.1, 0.15) is 15.9 Å². The smallest absolute Gasteiger partial charge is 0.321 e. The number of pyridine rings is 1. The molecule has 0 saturated heterocycles. The molecule has 8 nitrogen and oxygen atoms in total. The van der Waals surface area contributed by atoms with Gasteiger partial charge in [0.15, 0.2) is 0 Å². The molecule has 164 valence electrons. The van der Waals surface area contributed by atoms with Gasteiger partial charge in [-0.25, -0.2) is 27.3 Å². The molecule has 2 heterocycles. The second-order valence-corrected chi connectivity index (χ2v) is 10.0. The average Bonchev–Trinajstić information content (AvgIpc) is 3.20. The number of nitrogens with one attached hydrogen (secondary N) is 3. The van der Waals surface area contributed by atoms with Gasteiger partial charge in [0, 0.05) is 16.7 Å². The van der Waals surface area contributed by atoms with Crippen LogP contribution in [-0.4, -0.2) is 30.6 Å². The zero-order valence-electron chi connectivity index (χ0n) is 16.4. The number of urea groups is 1. The third-order valence-corrected chi connectivity index (χ3v) is 7.73. The Morgan fingerprint density at radius 3 is 2.59 bits per heavy atom. The van der Waals surface area contributed by atoms with E-state index in [4.69, 9.17) is 0 Å². The number of anilines is 2. The molecule has 2 aliphatic rings. The molecule has 0 radical (unpaired) electrons. The monoisotopic (exact) mass is 472 g/mol. The third-order valence-electron chi connectivity index (χ3n) is 4.55. The van der Waals surface area contributed by atoms with Gasteiger partial charge in [-0.1, -0.05) is 30.4 Å². The summed E-state index contributed by atoms with van der Waals surface area (Å²) < 4.78 is 40.3. The molecule has 3 amide bonds. The van der Waals surface area contributed by atoms with Gasteiger partial charge in [0.25, 0.3) is 15.9 Å². The lowest BCUT2D eigenvalue weighted by Gasteiger charge is -2.13. The molecule has 32 heavy (non-hydrogen) atoms. The fourth-order valence-corrected chi connectivity index (χ4v) is 5.74. The Morgan fingerprint density at radius 2 is 1.88 bits per heavy atom. The number of benzene rings is 1. The zero-order chi connectivity index (χ0) is 22.7. The van der Waals surface area contributed by atoms with Crippen molar-refractivity contribution in [1.29, 1.82) is 0 Å². The number of rotatable bonds is 5. The standard InChI is InChI=1S/C21H17FN4O4S2/c22-15-6-3-5-14(10-15)20(27)24-16-8-9-18(23-12-16)25-21(28)26-32(29,30)19-11-13-4-1-2-7-17(13)31-19/h1-13,17H,(H,24,27)(H2,23,25,26,28). The first-order valence-corrected chi connectivity index (χ1v) is 11.8. The molecule has 0 fully saturated rings. The SMILES string of the molecule is O=C(Nc1ccc(NC(=O)c2cccc(F)c2)cn1)NS(=O)(=O)C1=CC2C=CC=CC2S1. The van der Waals surface area contributed by atoms with Crippen molar-refractivity contribution in [1.82, 2.24) is 9.71 Å². The van der Waals surface area contributed by atoms with Gasteiger partial charge in [-0.15, -0.1) is 11.8 Å². The summed E-state index contributed by atoms with van der Waals surface area (Å²) >= 11 is 1.17. The molecule has 2 atom stereocenters. The van der Waals surface area contributed by atoms with Gasteiger partial charge >= 0.3 is 6.03 Å². The minimum absolute atomic E-state index is 0.00793. The van der Waals surface area contributed by atoms with Crippen LogP contribution in [0.4, 0.5) is 20.7 Å². The van der Waals surface area contributed by atoms with E-state index < -0.39 is 27.8 Å². The number of amides is 3. The maximum atomic E-state index is 13.2. The van der Waals surface area contributed by atoms with Crippen LogP contribution in [0, 0.1) is 11.7 Å². The number of allylic oxidation sites excluding steroid dienone is 4. The number of carbonyl (C=O) groups excluding carboxylic acids is 2. The van der Waals surface area contributed by atoms with Crippen LogP contribution in [0.25, 0.3) is 0 Å². The first kappa shape index (κ1) is 21.8. The average molecular weight is 473 g/mol. The number of thioether (sulfide) groups is 1. The molecular formula is C21H17FN4O4S2. The highest BCUT2D eigenvalue weighted by atomic mass is 32.3. The normalized spacial score (nSPS) is 19.1. The van der Waals surface area contributed by atoms with E-state index in [0.29, 0.717) is 5.69 Å². The van der Waals surface area contributed by atoms with E-state index in [1.165, 1.54) is 48.3 Å². The Balaban J connectivity index is 1.34. The summed E-state index contributed by atoms with van der Waals surface area (Å²) in [7, 11) is -4.02. The molecule has 2 aromatic rings. The minimum Gasteiger partial charge on any atom is -0.321 e. The van der Waals surface area contributed by atoms with Gasteiger partial charge < -0.3 is 5.32 Å². The molecule has 0 saturated carbocycles. The van der Waals surface area contributed by atoms with Gasteiger partial charge in [-0.3, -0.25) is 10.1 Å². The van der Waals surface area contributed by atoms with Crippen molar-refractivity contribution in [2.75, 3.05) is 10.6 Å². The highest BCUT2D eigenvalue weighted by Crippen LogP contribution is 2.41. The van der Waals surface area contributed by atoms with E-state index in [1.54, 1.807) is 6.08 Å². The van der Waals surface area contributed by atoms with Crippen LogP contribution in [0.1, 0.15) is 10.4 Å². The summed E-state index contributed by atoms with van der Waals surface area (Å²) in [6, 6.07) is 7.11. The number of halogens is 1. The predicted molar refractivity (Wildman–Crippen MR) is 121 cm³/mol. The molecule has 1 aliphatic heterocycles. The Kier molecular flexibility index (Phi) is 6.10. The lowest BCUT2D eigenvalue weighted by atomic mass is 10.0. The number of hydrogen-bond donors (Lipinski definition) is 3. The topological polar surface area (TPSA) is 117 Å². The van der Waals surface area contributed by atoms with Crippen LogP contribution in [0.3, 0.4) is 0 Å². The molecular weight excluding hydrogens is 455 g/mol. The van der Waals surface area contributed by atoms with Crippen molar-refractivity contribution < 1.29 is 22.4 Å². The molecule has 1 aromatic carbocycles. The van der Waals surface area contributed by atoms with E-state index in [2.05, 4.69) is 15.6 Å². The number of nitrogens with zero attached hydrogens (tertiary/aromatic N) is 1. The quantitative estimate of drug-likeness (QED) is 0.612. The van der Waals surface area contributed by atoms with Crippen LogP contribution in [0.2, 0.25) is 0 Å². The van der Waals surface area contributed by atoms with Crippen molar-refractivity contribution in [3.05, 3.63) is 88.6 Å². The molecule has 2 unspecified atom stereocenters. The third kappa shape index (κ3) is 5.06. The summed E-state index contributed by atoms with van der Waals surface area (Å²) in [5.74, 6) is -1.01. The highest BCUT2D eigenvalue weighted by Gasteiger charge is 2.33. The summed E-state index contributed by atoms with van der Waals surface area (Å²) in [5.41, 5.74) is 0.454. The van der Waals surface area contributed by atoms with Crippen molar-refractivity contribution in [2.45, 2.75) is 5.25 Å².